The summed E-state index contributed by atoms with van der Waals surface area (Å²) in [6.07, 6.45) is 0.295. The Morgan fingerprint density at radius 3 is 2.86 bits per heavy atom. The van der Waals surface area contributed by atoms with Gasteiger partial charge in [-0.15, -0.1) is 0 Å². The molecule has 1 atom stereocenters. The molecule has 4 heteroatoms. The van der Waals surface area contributed by atoms with Crippen LogP contribution in [-0.4, -0.2) is 51.4 Å². The van der Waals surface area contributed by atoms with Crippen molar-refractivity contribution in [3.63, 3.8) is 0 Å². The van der Waals surface area contributed by atoms with Gasteiger partial charge in [0.05, 0.1) is 19.8 Å². The molecule has 118 valence electrons. The fourth-order valence-corrected chi connectivity index (χ4v) is 2.88. The summed E-state index contributed by atoms with van der Waals surface area (Å²) in [6, 6.07) is 12.7. The number of nitrogens with one attached hydrogen (secondary N) is 1. The smallest absolute Gasteiger partial charge is 0.119 e. The second kappa shape index (κ2) is 7.09. The van der Waals surface area contributed by atoms with Crippen molar-refractivity contribution in [2.24, 2.45) is 0 Å². The normalized spacial score (nSPS) is 19.5. The maximum absolute atomic E-state index is 5.76. The molecule has 1 aliphatic rings. The average molecular weight is 300 g/mol. The Balaban J connectivity index is 1.57. The summed E-state index contributed by atoms with van der Waals surface area (Å²) in [5, 5.41) is 5.96. The van der Waals surface area contributed by atoms with E-state index in [-0.39, 0.29) is 0 Å². The molecular formula is C18H24N2O2. The summed E-state index contributed by atoms with van der Waals surface area (Å²) in [4.78, 5) is 2.32. The lowest BCUT2D eigenvalue weighted by atomic mass is 10.1. The average Bonchev–Trinajstić information content (AvgIpc) is 2.54. The van der Waals surface area contributed by atoms with Crippen molar-refractivity contribution in [3.8, 4) is 5.75 Å². The molecule has 1 unspecified atom stereocenters. The third kappa shape index (κ3) is 3.77. The van der Waals surface area contributed by atoms with Gasteiger partial charge in [-0.1, -0.05) is 18.2 Å². The van der Waals surface area contributed by atoms with Crippen LogP contribution < -0.4 is 10.1 Å². The molecule has 0 saturated carbocycles. The highest BCUT2D eigenvalue weighted by molar-refractivity contribution is 5.84. The molecule has 3 rings (SSSR count). The minimum absolute atomic E-state index is 0.295. The molecule has 0 spiro atoms. The summed E-state index contributed by atoms with van der Waals surface area (Å²) in [5.41, 5.74) is 1.29. The first-order chi connectivity index (χ1) is 10.7. The lowest BCUT2D eigenvalue weighted by molar-refractivity contribution is -0.0182. The van der Waals surface area contributed by atoms with E-state index in [9.17, 15) is 0 Å². The highest BCUT2D eigenvalue weighted by atomic mass is 16.5. The number of hydrogen-bond donors (Lipinski definition) is 1. The van der Waals surface area contributed by atoms with E-state index in [0.29, 0.717) is 6.10 Å². The van der Waals surface area contributed by atoms with Gasteiger partial charge in [0.2, 0.25) is 0 Å². The second-order valence-corrected chi connectivity index (χ2v) is 5.93. The lowest BCUT2D eigenvalue weighted by Gasteiger charge is -2.30. The molecule has 1 saturated heterocycles. The summed E-state index contributed by atoms with van der Waals surface area (Å²) in [6.45, 7) is 4.63. The summed E-state index contributed by atoms with van der Waals surface area (Å²) in [5.74, 6) is 0.900. The van der Waals surface area contributed by atoms with Gasteiger partial charge in [0.15, 0.2) is 0 Å². The molecule has 4 nitrogen and oxygen atoms in total. The Morgan fingerprint density at radius 2 is 2.05 bits per heavy atom. The predicted octanol–water partition coefficient (Wildman–Crippen LogP) is 2.27. The summed E-state index contributed by atoms with van der Waals surface area (Å²) >= 11 is 0. The van der Waals surface area contributed by atoms with Crippen LogP contribution in [0.5, 0.6) is 5.75 Å². The number of morpholine rings is 1. The molecular weight excluding hydrogens is 276 g/mol. The fraction of sp³-hybridized carbons (Fsp3) is 0.444. The van der Waals surface area contributed by atoms with Crippen molar-refractivity contribution in [2.45, 2.75) is 12.6 Å². The molecule has 0 aromatic heterocycles. The Morgan fingerprint density at radius 1 is 1.23 bits per heavy atom. The van der Waals surface area contributed by atoms with Gasteiger partial charge in [0, 0.05) is 26.2 Å². The van der Waals surface area contributed by atoms with Crippen LogP contribution in [0, 0.1) is 0 Å². The molecule has 0 bridgehead atoms. The lowest BCUT2D eigenvalue weighted by Crippen LogP contribution is -2.44. The van der Waals surface area contributed by atoms with Crippen LogP contribution in [0.1, 0.15) is 5.56 Å². The van der Waals surface area contributed by atoms with Crippen molar-refractivity contribution in [3.05, 3.63) is 42.0 Å². The molecule has 1 fully saturated rings. The standard InChI is InChI=1S/C18H24N2O2/c1-20-7-8-22-18(13-20)12-19-11-14-3-4-16-10-17(21-2)6-5-15(16)9-14/h3-6,9-10,18-19H,7-8,11-13H2,1-2H3. The fourth-order valence-electron chi connectivity index (χ4n) is 2.88. The van der Waals surface area contributed by atoms with E-state index >= 15 is 0 Å². The quantitative estimate of drug-likeness (QED) is 0.918. The van der Waals surface area contributed by atoms with E-state index in [4.69, 9.17) is 9.47 Å². The van der Waals surface area contributed by atoms with Crippen LogP contribution in [0.15, 0.2) is 36.4 Å². The number of methoxy groups -OCH3 is 1. The monoisotopic (exact) mass is 300 g/mol. The number of fused-ring (bicyclic) bond motifs is 1. The zero-order chi connectivity index (χ0) is 15.4. The first-order valence-electron chi connectivity index (χ1n) is 7.82. The summed E-state index contributed by atoms with van der Waals surface area (Å²) < 4.78 is 11.0. The minimum atomic E-state index is 0.295. The van der Waals surface area contributed by atoms with Crippen LogP contribution in [-0.2, 0) is 11.3 Å². The number of rotatable bonds is 5. The van der Waals surface area contributed by atoms with Crippen molar-refractivity contribution < 1.29 is 9.47 Å². The van der Waals surface area contributed by atoms with E-state index in [1.54, 1.807) is 7.11 Å². The number of hydrogen-bond acceptors (Lipinski definition) is 4. The van der Waals surface area contributed by atoms with E-state index < -0.39 is 0 Å². The first-order valence-corrected chi connectivity index (χ1v) is 7.82. The SMILES string of the molecule is COc1ccc2cc(CNCC3CN(C)CCO3)ccc2c1. The molecule has 2 aromatic rings. The Labute approximate surface area is 132 Å². The molecule has 1 aliphatic heterocycles. The third-order valence-electron chi connectivity index (χ3n) is 4.15. The topological polar surface area (TPSA) is 33.7 Å². The van der Waals surface area contributed by atoms with E-state index in [0.717, 1.165) is 38.5 Å². The second-order valence-electron chi connectivity index (χ2n) is 5.93. The Kier molecular flexibility index (Phi) is 4.93. The third-order valence-corrected chi connectivity index (χ3v) is 4.15. The van der Waals surface area contributed by atoms with Gasteiger partial charge in [-0.2, -0.15) is 0 Å². The van der Waals surface area contributed by atoms with Crippen molar-refractivity contribution in [1.29, 1.82) is 0 Å². The van der Waals surface area contributed by atoms with Crippen LogP contribution in [0.25, 0.3) is 10.8 Å². The largest absolute Gasteiger partial charge is 0.497 e. The molecule has 22 heavy (non-hydrogen) atoms. The highest BCUT2D eigenvalue weighted by Crippen LogP contribution is 2.21. The van der Waals surface area contributed by atoms with Crippen LogP contribution >= 0.6 is 0 Å². The van der Waals surface area contributed by atoms with E-state index in [1.807, 2.05) is 6.07 Å². The van der Waals surface area contributed by atoms with Crippen LogP contribution in [0.4, 0.5) is 0 Å². The maximum Gasteiger partial charge on any atom is 0.119 e. The van der Waals surface area contributed by atoms with Gasteiger partial charge in [0.25, 0.3) is 0 Å². The van der Waals surface area contributed by atoms with Crippen LogP contribution in [0.3, 0.4) is 0 Å². The highest BCUT2D eigenvalue weighted by Gasteiger charge is 2.16. The number of ether oxygens (including phenoxy) is 2. The number of likely N-dealkylation sites (N-methyl/N-ethyl adjacent to an activating group) is 1. The molecule has 0 aliphatic carbocycles. The molecule has 0 amide bonds. The zero-order valence-electron chi connectivity index (χ0n) is 13.3. The van der Waals surface area contributed by atoms with Crippen LogP contribution in [0.2, 0.25) is 0 Å². The zero-order valence-corrected chi connectivity index (χ0v) is 13.3. The molecule has 1 heterocycles. The van der Waals surface area contributed by atoms with Gasteiger partial charge >= 0.3 is 0 Å². The van der Waals surface area contributed by atoms with Gasteiger partial charge in [0.1, 0.15) is 5.75 Å². The Hall–Kier alpha value is -1.62. The van der Waals surface area contributed by atoms with Crippen molar-refractivity contribution >= 4 is 10.8 Å². The van der Waals surface area contributed by atoms with Crippen molar-refractivity contribution in [2.75, 3.05) is 40.4 Å². The predicted molar refractivity (Wildman–Crippen MR) is 89.4 cm³/mol. The summed E-state index contributed by atoms with van der Waals surface area (Å²) in [7, 11) is 3.84. The maximum atomic E-state index is 5.76. The number of benzene rings is 2. The molecule has 1 N–H and O–H groups in total. The first kappa shape index (κ1) is 15.3. The van der Waals surface area contributed by atoms with E-state index in [2.05, 4.69) is 47.6 Å². The Bertz CT molecular complexity index is 630. The van der Waals surface area contributed by atoms with Gasteiger partial charge < -0.3 is 19.7 Å². The van der Waals surface area contributed by atoms with Gasteiger partial charge in [-0.3, -0.25) is 0 Å². The van der Waals surface area contributed by atoms with Crippen molar-refractivity contribution in [1.82, 2.24) is 10.2 Å². The number of nitrogens with zero attached hydrogens (tertiary/aromatic N) is 1. The van der Waals surface area contributed by atoms with Gasteiger partial charge in [-0.05, 0) is 41.6 Å². The molecule has 0 radical (unpaired) electrons. The molecule has 2 aromatic carbocycles. The minimum Gasteiger partial charge on any atom is -0.497 e. The van der Waals surface area contributed by atoms with E-state index in [1.165, 1.54) is 16.3 Å². The van der Waals surface area contributed by atoms with Gasteiger partial charge in [-0.25, -0.2) is 0 Å².